The molecule has 1 aromatic heterocycles. The van der Waals surface area contributed by atoms with Crippen molar-refractivity contribution in [1.29, 1.82) is 0 Å². The maximum Gasteiger partial charge on any atom is 0.251 e. The lowest BCUT2D eigenvalue weighted by Gasteiger charge is -2.03. The zero-order valence-electron chi connectivity index (χ0n) is 9.07. The topological polar surface area (TPSA) is 42.2 Å². The summed E-state index contributed by atoms with van der Waals surface area (Å²) in [5.74, 6) is 0.710. The normalized spacial score (nSPS) is 10.1. The number of furan rings is 1. The number of benzene rings is 1. The van der Waals surface area contributed by atoms with Crippen LogP contribution in [0.5, 0.6) is 0 Å². The first kappa shape index (κ1) is 10.5. The summed E-state index contributed by atoms with van der Waals surface area (Å²) < 4.78 is 5.28. The molecule has 1 amide bonds. The van der Waals surface area contributed by atoms with Crippen LogP contribution in [-0.4, -0.2) is 12.5 Å². The molecular formula is C13H13NO2. The van der Waals surface area contributed by atoms with Crippen molar-refractivity contribution in [1.82, 2.24) is 5.32 Å². The van der Waals surface area contributed by atoms with Gasteiger partial charge in [-0.1, -0.05) is 12.1 Å². The highest BCUT2D eigenvalue weighted by Gasteiger charge is 2.06. The zero-order chi connectivity index (χ0) is 11.4. The lowest BCUT2D eigenvalue weighted by Crippen LogP contribution is -2.22. The van der Waals surface area contributed by atoms with Crippen molar-refractivity contribution in [2.75, 3.05) is 6.54 Å². The summed E-state index contributed by atoms with van der Waals surface area (Å²) in [7, 11) is 0. The van der Waals surface area contributed by atoms with E-state index in [1.165, 1.54) is 0 Å². The summed E-state index contributed by atoms with van der Waals surface area (Å²) in [6.45, 7) is 2.53. The van der Waals surface area contributed by atoms with Crippen LogP contribution in [0, 0.1) is 0 Å². The molecule has 82 valence electrons. The van der Waals surface area contributed by atoms with Crippen molar-refractivity contribution in [2.24, 2.45) is 0 Å². The average Bonchev–Trinajstić information content (AvgIpc) is 2.83. The van der Waals surface area contributed by atoms with Crippen LogP contribution in [0.3, 0.4) is 0 Å². The predicted octanol–water partition coefficient (Wildman–Crippen LogP) is 2.70. The second-order valence-corrected chi connectivity index (χ2v) is 3.42. The molecule has 1 aromatic carbocycles. The Morgan fingerprint density at radius 3 is 2.88 bits per heavy atom. The number of rotatable bonds is 3. The number of nitrogens with one attached hydrogen (secondary N) is 1. The molecule has 0 unspecified atom stereocenters. The van der Waals surface area contributed by atoms with Crippen molar-refractivity contribution >= 4 is 5.91 Å². The van der Waals surface area contributed by atoms with Crippen LogP contribution in [0.25, 0.3) is 11.3 Å². The Balaban J connectivity index is 2.30. The molecule has 3 nitrogen and oxygen atoms in total. The lowest BCUT2D eigenvalue weighted by atomic mass is 10.1. The van der Waals surface area contributed by atoms with Crippen LogP contribution in [0.4, 0.5) is 0 Å². The lowest BCUT2D eigenvalue weighted by molar-refractivity contribution is 0.0956. The van der Waals surface area contributed by atoms with Gasteiger partial charge < -0.3 is 9.73 Å². The minimum absolute atomic E-state index is 0.0593. The van der Waals surface area contributed by atoms with Gasteiger partial charge in [-0.25, -0.2) is 0 Å². The second-order valence-electron chi connectivity index (χ2n) is 3.42. The van der Waals surface area contributed by atoms with Crippen LogP contribution in [0.2, 0.25) is 0 Å². The Hall–Kier alpha value is -2.03. The summed E-state index contributed by atoms with van der Waals surface area (Å²) in [6, 6.07) is 11.1. The van der Waals surface area contributed by atoms with Crippen molar-refractivity contribution < 1.29 is 9.21 Å². The second kappa shape index (κ2) is 4.66. The Labute approximate surface area is 94.1 Å². The molecule has 0 fully saturated rings. The van der Waals surface area contributed by atoms with Gasteiger partial charge in [0.15, 0.2) is 0 Å². The quantitative estimate of drug-likeness (QED) is 0.855. The summed E-state index contributed by atoms with van der Waals surface area (Å²) in [5, 5.41) is 2.76. The fourth-order valence-corrected chi connectivity index (χ4v) is 1.52. The van der Waals surface area contributed by atoms with Crippen molar-refractivity contribution in [2.45, 2.75) is 6.92 Å². The van der Waals surface area contributed by atoms with Gasteiger partial charge in [-0.05, 0) is 31.2 Å². The summed E-state index contributed by atoms with van der Waals surface area (Å²) in [4.78, 5) is 11.6. The number of carbonyl (C=O) groups excluding carboxylic acids is 1. The van der Waals surface area contributed by atoms with E-state index in [1.807, 2.05) is 37.3 Å². The van der Waals surface area contributed by atoms with E-state index in [9.17, 15) is 4.79 Å². The van der Waals surface area contributed by atoms with Crippen LogP contribution in [0.15, 0.2) is 47.1 Å². The molecule has 1 N–H and O–H groups in total. The number of hydrogen-bond donors (Lipinski definition) is 1. The van der Waals surface area contributed by atoms with Gasteiger partial charge in [-0.2, -0.15) is 0 Å². The van der Waals surface area contributed by atoms with Gasteiger partial charge in [-0.3, -0.25) is 4.79 Å². The molecule has 1 heterocycles. The van der Waals surface area contributed by atoms with Gasteiger partial charge in [0.25, 0.3) is 5.91 Å². The third-order valence-corrected chi connectivity index (χ3v) is 2.27. The highest BCUT2D eigenvalue weighted by Crippen LogP contribution is 2.20. The maximum atomic E-state index is 11.6. The third-order valence-electron chi connectivity index (χ3n) is 2.27. The Morgan fingerprint density at radius 2 is 2.19 bits per heavy atom. The monoisotopic (exact) mass is 215 g/mol. The Bertz CT molecular complexity index is 474. The van der Waals surface area contributed by atoms with E-state index in [0.717, 1.165) is 11.3 Å². The molecule has 2 rings (SSSR count). The molecule has 0 saturated heterocycles. The molecule has 3 heteroatoms. The first-order chi connectivity index (χ1) is 7.81. The highest BCUT2D eigenvalue weighted by atomic mass is 16.3. The van der Waals surface area contributed by atoms with Gasteiger partial charge in [0.1, 0.15) is 5.76 Å². The van der Waals surface area contributed by atoms with E-state index < -0.39 is 0 Å². The van der Waals surface area contributed by atoms with Gasteiger partial charge in [0, 0.05) is 17.7 Å². The number of carbonyl (C=O) groups is 1. The van der Waals surface area contributed by atoms with Crippen molar-refractivity contribution in [3.05, 3.63) is 48.2 Å². The number of hydrogen-bond acceptors (Lipinski definition) is 2. The van der Waals surface area contributed by atoms with Crippen LogP contribution in [-0.2, 0) is 0 Å². The average molecular weight is 215 g/mol. The van der Waals surface area contributed by atoms with Crippen LogP contribution >= 0.6 is 0 Å². The molecule has 0 aliphatic rings. The van der Waals surface area contributed by atoms with Crippen molar-refractivity contribution in [3.8, 4) is 11.3 Å². The molecule has 0 spiro atoms. The molecule has 0 aliphatic carbocycles. The highest BCUT2D eigenvalue weighted by molar-refractivity contribution is 5.95. The Morgan fingerprint density at radius 1 is 1.31 bits per heavy atom. The molecule has 0 saturated carbocycles. The minimum Gasteiger partial charge on any atom is -0.464 e. The molecule has 16 heavy (non-hydrogen) atoms. The molecule has 0 atom stereocenters. The minimum atomic E-state index is -0.0593. The molecule has 0 radical (unpaired) electrons. The van der Waals surface area contributed by atoms with Gasteiger partial charge in [0.2, 0.25) is 0 Å². The molecule has 2 aromatic rings. The SMILES string of the molecule is CCNC(=O)c1cccc(-c2ccco2)c1. The fourth-order valence-electron chi connectivity index (χ4n) is 1.52. The van der Waals surface area contributed by atoms with Crippen LogP contribution < -0.4 is 5.32 Å². The van der Waals surface area contributed by atoms with Crippen molar-refractivity contribution in [3.63, 3.8) is 0 Å². The van der Waals surface area contributed by atoms with E-state index in [0.29, 0.717) is 12.1 Å². The first-order valence-electron chi connectivity index (χ1n) is 5.23. The molecule has 0 aliphatic heterocycles. The fraction of sp³-hybridized carbons (Fsp3) is 0.154. The summed E-state index contributed by atoms with van der Waals surface area (Å²) >= 11 is 0. The van der Waals surface area contributed by atoms with E-state index in [-0.39, 0.29) is 5.91 Å². The van der Waals surface area contributed by atoms with E-state index >= 15 is 0 Å². The Kier molecular flexibility index (Phi) is 3.05. The maximum absolute atomic E-state index is 11.6. The summed E-state index contributed by atoms with van der Waals surface area (Å²) in [6.07, 6.45) is 1.62. The first-order valence-corrected chi connectivity index (χ1v) is 5.23. The third kappa shape index (κ3) is 2.14. The molecule has 0 bridgehead atoms. The largest absolute Gasteiger partial charge is 0.464 e. The standard InChI is InChI=1S/C13H13NO2/c1-2-14-13(15)11-6-3-5-10(9-11)12-7-4-8-16-12/h3-9H,2H2,1H3,(H,14,15). The van der Waals surface area contributed by atoms with Crippen LogP contribution in [0.1, 0.15) is 17.3 Å². The van der Waals surface area contributed by atoms with Gasteiger partial charge >= 0.3 is 0 Å². The van der Waals surface area contributed by atoms with Gasteiger partial charge in [-0.15, -0.1) is 0 Å². The number of amides is 1. The predicted molar refractivity (Wildman–Crippen MR) is 62.2 cm³/mol. The smallest absolute Gasteiger partial charge is 0.251 e. The van der Waals surface area contributed by atoms with E-state index in [1.54, 1.807) is 12.3 Å². The van der Waals surface area contributed by atoms with Gasteiger partial charge in [0.05, 0.1) is 6.26 Å². The zero-order valence-corrected chi connectivity index (χ0v) is 9.07. The molecular weight excluding hydrogens is 202 g/mol. The summed E-state index contributed by atoms with van der Waals surface area (Å²) in [5.41, 5.74) is 1.56. The van der Waals surface area contributed by atoms with E-state index in [4.69, 9.17) is 4.42 Å². The van der Waals surface area contributed by atoms with E-state index in [2.05, 4.69) is 5.32 Å².